The molecular formula is C9H12N2O5S2. The molecular weight excluding hydrogens is 280 g/mol. The van der Waals surface area contributed by atoms with Crippen LogP contribution in [0.15, 0.2) is 9.72 Å². The normalized spacial score (nSPS) is 20.1. The summed E-state index contributed by atoms with van der Waals surface area (Å²) in [6.07, 6.45) is 1.57. The van der Waals surface area contributed by atoms with E-state index in [-0.39, 0.29) is 16.9 Å². The predicted octanol–water partition coefficient (Wildman–Crippen LogP) is 0.299. The van der Waals surface area contributed by atoms with Gasteiger partial charge in [0.1, 0.15) is 0 Å². The standard InChI is InChI=1S/C9H12N2O5S2/c12-8(13)7-9(17-5-10-7)18(14,15)11-4-6-2-1-3-16-6/h5-6,11H,1-4H2,(H,12,13). The molecule has 0 spiro atoms. The van der Waals surface area contributed by atoms with Gasteiger partial charge in [0.15, 0.2) is 9.90 Å². The average Bonchev–Trinajstić information content (AvgIpc) is 2.98. The predicted molar refractivity (Wildman–Crippen MR) is 63.2 cm³/mol. The Balaban J connectivity index is 2.09. The number of nitrogens with zero attached hydrogens (tertiary/aromatic N) is 1. The molecule has 0 bridgehead atoms. The number of hydrogen-bond donors (Lipinski definition) is 2. The van der Waals surface area contributed by atoms with E-state index < -0.39 is 21.7 Å². The van der Waals surface area contributed by atoms with Gasteiger partial charge in [-0.25, -0.2) is 22.9 Å². The Morgan fingerprint density at radius 3 is 3.06 bits per heavy atom. The summed E-state index contributed by atoms with van der Waals surface area (Å²) < 4.78 is 31.2. The number of carbonyl (C=O) groups is 1. The highest BCUT2D eigenvalue weighted by molar-refractivity contribution is 7.91. The molecule has 1 atom stereocenters. The molecule has 2 N–H and O–H groups in total. The van der Waals surface area contributed by atoms with Crippen molar-refractivity contribution in [1.29, 1.82) is 0 Å². The second-order valence-electron chi connectivity index (χ2n) is 3.78. The highest BCUT2D eigenvalue weighted by Crippen LogP contribution is 2.20. The molecule has 1 fully saturated rings. The molecule has 1 aromatic rings. The first kappa shape index (κ1) is 13.4. The Hall–Kier alpha value is -1.03. The molecule has 2 heterocycles. The van der Waals surface area contributed by atoms with Crippen molar-refractivity contribution < 1.29 is 23.1 Å². The zero-order chi connectivity index (χ0) is 13.2. The minimum Gasteiger partial charge on any atom is -0.476 e. The summed E-state index contributed by atoms with van der Waals surface area (Å²) in [6, 6.07) is 0. The first-order valence-electron chi connectivity index (χ1n) is 5.29. The smallest absolute Gasteiger partial charge is 0.356 e. The van der Waals surface area contributed by atoms with E-state index >= 15 is 0 Å². The fraction of sp³-hybridized carbons (Fsp3) is 0.556. The molecule has 0 aliphatic carbocycles. The van der Waals surface area contributed by atoms with Crippen molar-refractivity contribution >= 4 is 27.3 Å². The van der Waals surface area contributed by atoms with Crippen LogP contribution < -0.4 is 4.72 Å². The zero-order valence-corrected chi connectivity index (χ0v) is 11.0. The van der Waals surface area contributed by atoms with E-state index in [2.05, 4.69) is 9.71 Å². The van der Waals surface area contributed by atoms with Crippen LogP contribution in [-0.4, -0.2) is 43.7 Å². The van der Waals surface area contributed by atoms with E-state index in [0.717, 1.165) is 24.2 Å². The number of hydrogen-bond acceptors (Lipinski definition) is 6. The van der Waals surface area contributed by atoms with Gasteiger partial charge in [-0.15, -0.1) is 11.3 Å². The number of rotatable bonds is 5. The number of nitrogens with one attached hydrogen (secondary N) is 1. The number of aromatic carboxylic acids is 1. The van der Waals surface area contributed by atoms with Gasteiger partial charge >= 0.3 is 5.97 Å². The molecule has 0 amide bonds. The van der Waals surface area contributed by atoms with Crippen molar-refractivity contribution in [3.8, 4) is 0 Å². The lowest BCUT2D eigenvalue weighted by Crippen LogP contribution is -2.32. The lowest BCUT2D eigenvalue weighted by Gasteiger charge is -2.10. The Bertz CT molecular complexity index is 533. The molecule has 1 aromatic heterocycles. The molecule has 1 aliphatic rings. The summed E-state index contributed by atoms with van der Waals surface area (Å²) in [5.74, 6) is -1.35. The van der Waals surface area contributed by atoms with Gasteiger partial charge in [0.05, 0.1) is 11.6 Å². The number of aromatic nitrogens is 1. The third kappa shape index (κ3) is 2.86. The van der Waals surface area contributed by atoms with Gasteiger partial charge in [-0.3, -0.25) is 0 Å². The van der Waals surface area contributed by atoms with Crippen molar-refractivity contribution in [1.82, 2.24) is 9.71 Å². The summed E-state index contributed by atoms with van der Waals surface area (Å²) in [4.78, 5) is 14.3. The van der Waals surface area contributed by atoms with Crippen LogP contribution in [0.1, 0.15) is 23.3 Å². The lowest BCUT2D eigenvalue weighted by molar-refractivity contribution is 0.0687. The molecule has 1 saturated heterocycles. The minimum absolute atomic E-state index is 0.138. The maximum absolute atomic E-state index is 11.9. The Labute approximate surface area is 108 Å². The van der Waals surface area contributed by atoms with E-state index in [1.807, 2.05) is 0 Å². The Kier molecular flexibility index (Phi) is 3.95. The molecule has 100 valence electrons. The summed E-state index contributed by atoms with van der Waals surface area (Å²) in [5.41, 5.74) is 0.754. The molecule has 9 heteroatoms. The second kappa shape index (κ2) is 5.31. The van der Waals surface area contributed by atoms with Gasteiger partial charge in [-0.2, -0.15) is 0 Å². The van der Waals surface area contributed by atoms with Crippen molar-refractivity contribution in [3.05, 3.63) is 11.2 Å². The second-order valence-corrected chi connectivity index (χ2v) is 6.60. The van der Waals surface area contributed by atoms with Crippen LogP contribution >= 0.6 is 11.3 Å². The van der Waals surface area contributed by atoms with Crippen LogP contribution in [0.25, 0.3) is 0 Å². The first-order chi connectivity index (χ1) is 8.50. The number of ether oxygens (including phenoxy) is 1. The van der Waals surface area contributed by atoms with Gasteiger partial charge < -0.3 is 9.84 Å². The first-order valence-corrected chi connectivity index (χ1v) is 7.65. The minimum atomic E-state index is -3.83. The van der Waals surface area contributed by atoms with E-state index in [0.29, 0.717) is 6.61 Å². The van der Waals surface area contributed by atoms with Crippen molar-refractivity contribution in [2.45, 2.75) is 23.2 Å². The quantitative estimate of drug-likeness (QED) is 0.808. The van der Waals surface area contributed by atoms with Gasteiger partial charge in [0, 0.05) is 13.2 Å². The topological polar surface area (TPSA) is 106 Å². The van der Waals surface area contributed by atoms with E-state index in [1.165, 1.54) is 5.51 Å². The fourth-order valence-electron chi connectivity index (χ4n) is 1.64. The third-order valence-corrected chi connectivity index (χ3v) is 5.30. The third-order valence-electron chi connectivity index (χ3n) is 2.51. The number of carboxylic acid groups (broad SMARTS) is 1. The van der Waals surface area contributed by atoms with Gasteiger partial charge in [-0.1, -0.05) is 0 Å². The molecule has 1 unspecified atom stereocenters. The highest BCUT2D eigenvalue weighted by Gasteiger charge is 2.27. The molecule has 7 nitrogen and oxygen atoms in total. The largest absolute Gasteiger partial charge is 0.476 e. The molecule has 0 saturated carbocycles. The number of sulfonamides is 1. The van der Waals surface area contributed by atoms with E-state index in [4.69, 9.17) is 9.84 Å². The van der Waals surface area contributed by atoms with Gasteiger partial charge in [0.2, 0.25) is 0 Å². The monoisotopic (exact) mass is 292 g/mol. The van der Waals surface area contributed by atoms with Crippen LogP contribution in [0.2, 0.25) is 0 Å². The van der Waals surface area contributed by atoms with Crippen LogP contribution in [0.3, 0.4) is 0 Å². The average molecular weight is 292 g/mol. The van der Waals surface area contributed by atoms with Crippen molar-refractivity contribution in [2.24, 2.45) is 0 Å². The van der Waals surface area contributed by atoms with Crippen molar-refractivity contribution in [2.75, 3.05) is 13.2 Å². The maximum Gasteiger partial charge on any atom is 0.356 e. The summed E-state index contributed by atoms with van der Waals surface area (Å²) >= 11 is 0.784. The Morgan fingerprint density at radius 2 is 2.44 bits per heavy atom. The lowest BCUT2D eigenvalue weighted by atomic mass is 10.2. The van der Waals surface area contributed by atoms with E-state index in [9.17, 15) is 13.2 Å². The van der Waals surface area contributed by atoms with Crippen LogP contribution in [-0.2, 0) is 14.8 Å². The number of carboxylic acids is 1. The van der Waals surface area contributed by atoms with Crippen molar-refractivity contribution in [3.63, 3.8) is 0 Å². The summed E-state index contributed by atoms with van der Waals surface area (Å²) in [6.45, 7) is 0.784. The molecule has 2 rings (SSSR count). The summed E-state index contributed by atoms with van der Waals surface area (Å²) in [7, 11) is -3.83. The molecule has 0 radical (unpaired) electrons. The van der Waals surface area contributed by atoms with Crippen LogP contribution in [0.5, 0.6) is 0 Å². The summed E-state index contributed by atoms with van der Waals surface area (Å²) in [5, 5.41) is 8.82. The fourth-order valence-corrected chi connectivity index (χ4v) is 3.89. The zero-order valence-electron chi connectivity index (χ0n) is 9.33. The highest BCUT2D eigenvalue weighted by atomic mass is 32.2. The maximum atomic E-state index is 11.9. The van der Waals surface area contributed by atoms with Crippen LogP contribution in [0.4, 0.5) is 0 Å². The van der Waals surface area contributed by atoms with Gasteiger partial charge in [-0.05, 0) is 12.8 Å². The molecule has 18 heavy (non-hydrogen) atoms. The Morgan fingerprint density at radius 1 is 1.67 bits per heavy atom. The molecule has 1 aliphatic heterocycles. The molecule has 0 aromatic carbocycles. The van der Waals surface area contributed by atoms with E-state index in [1.54, 1.807) is 0 Å². The SMILES string of the molecule is O=C(O)c1ncsc1S(=O)(=O)NCC1CCCO1. The van der Waals surface area contributed by atoms with Gasteiger partial charge in [0.25, 0.3) is 10.0 Å². The number of thiazole rings is 1. The van der Waals surface area contributed by atoms with Crippen LogP contribution in [0, 0.1) is 0 Å².